The number of hydrogen-bond acceptors (Lipinski definition) is 5. The molecular weight excluding hydrogens is 437 g/mol. The zero-order chi connectivity index (χ0) is 21.8. The molecule has 1 aromatic heterocycles. The van der Waals surface area contributed by atoms with Crippen molar-refractivity contribution in [3.63, 3.8) is 0 Å². The summed E-state index contributed by atoms with van der Waals surface area (Å²) in [5, 5.41) is 10.0. The number of aromatic nitrogens is 3. The number of benzene rings is 2. The molecule has 6 nitrogen and oxygen atoms in total. The Morgan fingerprint density at radius 1 is 1.16 bits per heavy atom. The van der Waals surface area contributed by atoms with E-state index in [1.54, 1.807) is 24.1 Å². The quantitative estimate of drug-likeness (QED) is 0.490. The van der Waals surface area contributed by atoms with Crippen molar-refractivity contribution in [1.82, 2.24) is 19.7 Å². The lowest BCUT2D eigenvalue weighted by Crippen LogP contribution is -2.28. The van der Waals surface area contributed by atoms with Crippen molar-refractivity contribution in [1.29, 1.82) is 0 Å². The molecule has 1 aliphatic heterocycles. The molecule has 1 fully saturated rings. The monoisotopic (exact) mass is 459 g/mol. The van der Waals surface area contributed by atoms with Crippen LogP contribution < -0.4 is 4.90 Å². The van der Waals surface area contributed by atoms with E-state index in [0.717, 1.165) is 43.1 Å². The molecule has 0 N–H and O–H groups in total. The SMILES string of the molecule is CN(Cc1cccc(F)c1)C(=O)CSc1nnc(N2CCCC2)n1-c1cccc(Cl)c1. The maximum absolute atomic E-state index is 13.4. The van der Waals surface area contributed by atoms with E-state index >= 15 is 0 Å². The topological polar surface area (TPSA) is 54.3 Å². The Bertz CT molecular complexity index is 1070. The zero-order valence-corrected chi connectivity index (χ0v) is 18.7. The van der Waals surface area contributed by atoms with Crippen molar-refractivity contribution in [3.05, 3.63) is 64.9 Å². The van der Waals surface area contributed by atoms with Crippen LogP contribution in [-0.4, -0.2) is 51.5 Å². The fraction of sp³-hybridized carbons (Fsp3) is 0.318. The number of thioether (sulfide) groups is 1. The maximum atomic E-state index is 13.4. The summed E-state index contributed by atoms with van der Waals surface area (Å²) in [6, 6.07) is 13.8. The molecule has 0 atom stereocenters. The van der Waals surface area contributed by atoms with E-state index in [4.69, 9.17) is 11.6 Å². The molecule has 4 rings (SSSR count). The van der Waals surface area contributed by atoms with Gasteiger partial charge in [-0.05, 0) is 48.7 Å². The highest BCUT2D eigenvalue weighted by atomic mass is 35.5. The average molecular weight is 460 g/mol. The predicted molar refractivity (Wildman–Crippen MR) is 121 cm³/mol. The summed E-state index contributed by atoms with van der Waals surface area (Å²) in [7, 11) is 1.71. The van der Waals surface area contributed by atoms with Crippen LogP contribution in [0.25, 0.3) is 5.69 Å². The van der Waals surface area contributed by atoms with Crippen molar-refractivity contribution in [3.8, 4) is 5.69 Å². The first kappa shape index (κ1) is 21.6. The molecule has 1 amide bonds. The van der Waals surface area contributed by atoms with Gasteiger partial charge in [-0.25, -0.2) is 4.39 Å². The Hall–Kier alpha value is -2.58. The highest BCUT2D eigenvalue weighted by Gasteiger charge is 2.23. The molecule has 0 unspecified atom stereocenters. The van der Waals surface area contributed by atoms with Crippen LogP contribution in [0.2, 0.25) is 5.02 Å². The molecule has 2 aromatic carbocycles. The summed E-state index contributed by atoms with van der Waals surface area (Å²) in [6.45, 7) is 2.20. The van der Waals surface area contributed by atoms with Gasteiger partial charge in [0.15, 0.2) is 5.16 Å². The molecule has 1 aliphatic rings. The van der Waals surface area contributed by atoms with Crippen molar-refractivity contribution >= 4 is 35.2 Å². The zero-order valence-electron chi connectivity index (χ0n) is 17.2. The first-order valence-corrected chi connectivity index (χ1v) is 11.4. The van der Waals surface area contributed by atoms with Gasteiger partial charge in [-0.3, -0.25) is 9.36 Å². The fourth-order valence-corrected chi connectivity index (χ4v) is 4.62. The molecule has 0 radical (unpaired) electrons. The van der Waals surface area contributed by atoms with E-state index in [2.05, 4.69) is 15.1 Å². The lowest BCUT2D eigenvalue weighted by atomic mass is 10.2. The molecule has 31 heavy (non-hydrogen) atoms. The van der Waals surface area contributed by atoms with Gasteiger partial charge in [0.2, 0.25) is 11.9 Å². The van der Waals surface area contributed by atoms with Crippen molar-refractivity contribution < 1.29 is 9.18 Å². The third-order valence-electron chi connectivity index (χ3n) is 5.13. The second kappa shape index (κ2) is 9.70. The summed E-state index contributed by atoms with van der Waals surface area (Å²) in [6.07, 6.45) is 2.24. The van der Waals surface area contributed by atoms with Crippen LogP contribution in [-0.2, 0) is 11.3 Å². The Kier molecular flexibility index (Phi) is 6.77. The highest BCUT2D eigenvalue weighted by molar-refractivity contribution is 7.99. The number of nitrogens with zero attached hydrogens (tertiary/aromatic N) is 5. The van der Waals surface area contributed by atoms with Gasteiger partial charge in [0.05, 0.1) is 11.4 Å². The van der Waals surface area contributed by atoms with Crippen molar-refractivity contribution in [2.45, 2.75) is 24.5 Å². The number of anilines is 1. The van der Waals surface area contributed by atoms with E-state index in [-0.39, 0.29) is 17.5 Å². The number of rotatable bonds is 7. The minimum atomic E-state index is -0.309. The molecule has 0 spiro atoms. The van der Waals surface area contributed by atoms with E-state index in [0.29, 0.717) is 16.7 Å². The number of carbonyl (C=O) groups is 1. The smallest absolute Gasteiger partial charge is 0.233 e. The van der Waals surface area contributed by atoms with Crippen LogP contribution in [0.5, 0.6) is 0 Å². The molecular formula is C22H23ClFN5OS. The molecule has 0 saturated carbocycles. The van der Waals surface area contributed by atoms with Crippen LogP contribution in [0.4, 0.5) is 10.3 Å². The van der Waals surface area contributed by atoms with Crippen LogP contribution in [0.15, 0.2) is 53.7 Å². The molecule has 162 valence electrons. The molecule has 3 aromatic rings. The number of carbonyl (C=O) groups excluding carboxylic acids is 1. The maximum Gasteiger partial charge on any atom is 0.233 e. The van der Waals surface area contributed by atoms with E-state index in [1.165, 1.54) is 23.9 Å². The second-order valence-electron chi connectivity index (χ2n) is 7.46. The number of halogens is 2. The number of hydrogen-bond donors (Lipinski definition) is 0. The van der Waals surface area contributed by atoms with Gasteiger partial charge >= 0.3 is 0 Å². The highest BCUT2D eigenvalue weighted by Crippen LogP contribution is 2.29. The summed E-state index contributed by atoms with van der Waals surface area (Å²) in [4.78, 5) is 16.5. The van der Waals surface area contributed by atoms with Crippen LogP contribution in [0.3, 0.4) is 0 Å². The fourth-order valence-electron chi connectivity index (χ4n) is 3.55. The Balaban J connectivity index is 1.50. The summed E-state index contributed by atoms with van der Waals surface area (Å²) >= 11 is 7.55. The van der Waals surface area contributed by atoms with Crippen LogP contribution >= 0.6 is 23.4 Å². The molecule has 1 saturated heterocycles. The Labute approximate surface area is 190 Å². The van der Waals surface area contributed by atoms with Crippen LogP contribution in [0.1, 0.15) is 18.4 Å². The van der Waals surface area contributed by atoms with Gasteiger partial charge in [-0.2, -0.15) is 0 Å². The lowest BCUT2D eigenvalue weighted by Gasteiger charge is -2.19. The van der Waals surface area contributed by atoms with E-state index in [9.17, 15) is 9.18 Å². The largest absolute Gasteiger partial charge is 0.341 e. The Morgan fingerprint density at radius 3 is 2.68 bits per heavy atom. The molecule has 0 bridgehead atoms. The first-order valence-electron chi connectivity index (χ1n) is 10.1. The lowest BCUT2D eigenvalue weighted by molar-refractivity contribution is -0.127. The second-order valence-corrected chi connectivity index (χ2v) is 8.84. The first-order chi connectivity index (χ1) is 15.0. The van der Waals surface area contributed by atoms with Gasteiger partial charge < -0.3 is 9.80 Å². The molecule has 0 aliphatic carbocycles. The minimum absolute atomic E-state index is 0.0716. The third-order valence-corrected chi connectivity index (χ3v) is 6.28. The Morgan fingerprint density at radius 2 is 1.94 bits per heavy atom. The molecule has 2 heterocycles. The van der Waals surface area contributed by atoms with Gasteiger partial charge in [-0.15, -0.1) is 10.2 Å². The minimum Gasteiger partial charge on any atom is -0.341 e. The van der Waals surface area contributed by atoms with Gasteiger partial charge in [-0.1, -0.05) is 41.6 Å². The summed E-state index contributed by atoms with van der Waals surface area (Å²) in [5.74, 6) is 0.585. The van der Waals surface area contributed by atoms with Crippen molar-refractivity contribution in [2.24, 2.45) is 0 Å². The summed E-state index contributed by atoms with van der Waals surface area (Å²) < 4.78 is 15.4. The normalized spacial score (nSPS) is 13.6. The number of amides is 1. The van der Waals surface area contributed by atoms with Crippen molar-refractivity contribution in [2.75, 3.05) is 30.8 Å². The standard InChI is InChI=1S/C22H23ClFN5OS/c1-27(14-16-6-4-8-18(24)12-16)20(30)15-31-22-26-25-21(28-10-2-3-11-28)29(22)19-9-5-7-17(23)13-19/h4-9,12-13H,2-3,10-11,14-15H2,1H3. The van der Waals surface area contributed by atoms with Gasteiger partial charge in [0, 0.05) is 31.7 Å². The van der Waals surface area contributed by atoms with Gasteiger partial charge in [0.1, 0.15) is 5.82 Å². The van der Waals surface area contributed by atoms with Crippen LogP contribution in [0, 0.1) is 5.82 Å². The summed E-state index contributed by atoms with van der Waals surface area (Å²) in [5.41, 5.74) is 1.61. The molecule has 9 heteroatoms. The van der Waals surface area contributed by atoms with Gasteiger partial charge in [0.25, 0.3) is 0 Å². The third kappa shape index (κ3) is 5.19. The van der Waals surface area contributed by atoms with E-state index < -0.39 is 0 Å². The average Bonchev–Trinajstić information content (AvgIpc) is 3.41. The van der Waals surface area contributed by atoms with E-state index in [1.807, 2.05) is 28.8 Å². The predicted octanol–water partition coefficient (Wildman–Crippen LogP) is 4.41.